The van der Waals surface area contributed by atoms with E-state index >= 15 is 0 Å². The van der Waals surface area contributed by atoms with Gasteiger partial charge in [0.05, 0.1) is 24.4 Å². The smallest absolute Gasteiger partial charge is 0.418 e. The highest BCUT2D eigenvalue weighted by atomic mass is 19.4. The molecular weight excluding hydrogens is 451 g/mol. The lowest BCUT2D eigenvalue weighted by Crippen LogP contribution is -2.13. The van der Waals surface area contributed by atoms with Crippen LogP contribution in [-0.4, -0.2) is 36.7 Å². The average molecular weight is 465 g/mol. The van der Waals surface area contributed by atoms with E-state index in [4.69, 9.17) is 4.74 Å². The van der Waals surface area contributed by atoms with Crippen molar-refractivity contribution in [3.8, 4) is 17.1 Å². The molecule has 3 heterocycles. The van der Waals surface area contributed by atoms with Crippen molar-refractivity contribution >= 4 is 28.2 Å². The number of hydrogen-bond acceptors (Lipinski definition) is 8. The topological polar surface area (TPSA) is 107 Å². The Morgan fingerprint density at radius 2 is 1.82 bits per heavy atom. The van der Waals surface area contributed by atoms with E-state index in [0.29, 0.717) is 11.3 Å². The number of anilines is 2. The van der Waals surface area contributed by atoms with Crippen molar-refractivity contribution in [3.63, 3.8) is 0 Å². The second-order valence-corrected chi connectivity index (χ2v) is 7.08. The number of alkyl halides is 3. The molecule has 0 aliphatic rings. The lowest BCUT2D eigenvalue weighted by atomic mass is 10.1. The maximum atomic E-state index is 13.7. The van der Waals surface area contributed by atoms with Crippen LogP contribution in [0.3, 0.4) is 0 Å². The van der Waals surface area contributed by atoms with Crippen LogP contribution < -0.4 is 15.6 Å². The molecule has 3 aromatic heterocycles. The van der Waals surface area contributed by atoms with Crippen molar-refractivity contribution in [2.45, 2.75) is 6.18 Å². The van der Waals surface area contributed by atoms with Gasteiger partial charge in [-0.25, -0.2) is 15.0 Å². The van der Waals surface area contributed by atoms with Gasteiger partial charge in [-0.1, -0.05) is 6.07 Å². The predicted octanol–water partition coefficient (Wildman–Crippen LogP) is 3.87. The minimum absolute atomic E-state index is 0.0934. The highest BCUT2D eigenvalue weighted by Crippen LogP contribution is 2.36. The Morgan fingerprint density at radius 1 is 1.03 bits per heavy atom. The van der Waals surface area contributed by atoms with Crippen LogP contribution in [0.1, 0.15) is 5.56 Å². The van der Waals surface area contributed by atoms with Crippen LogP contribution in [0.5, 0.6) is 5.75 Å². The zero-order chi connectivity index (χ0) is 23.9. The summed E-state index contributed by atoms with van der Waals surface area (Å²) in [5.74, 6) is 0.713. The summed E-state index contributed by atoms with van der Waals surface area (Å²) in [6.45, 7) is 0. The molecule has 0 saturated carbocycles. The SMILES string of the molecule is COc1ccc(-c2nc3c4cccc(C(F)(F)F)c4nc(Nc4cnccnc4=O)n3n2)cc1. The first kappa shape index (κ1) is 21.2. The Hall–Kier alpha value is -4.61. The van der Waals surface area contributed by atoms with Crippen LogP contribution >= 0.6 is 0 Å². The largest absolute Gasteiger partial charge is 0.497 e. The molecule has 0 atom stereocenters. The molecule has 5 rings (SSSR count). The summed E-state index contributed by atoms with van der Waals surface area (Å²) in [4.78, 5) is 28.5. The third kappa shape index (κ3) is 3.74. The molecule has 0 amide bonds. The van der Waals surface area contributed by atoms with Crippen molar-refractivity contribution in [3.05, 3.63) is 77.0 Å². The van der Waals surface area contributed by atoms with Gasteiger partial charge in [0.15, 0.2) is 11.5 Å². The molecule has 34 heavy (non-hydrogen) atoms. The van der Waals surface area contributed by atoms with E-state index in [1.165, 1.54) is 42.3 Å². The third-order valence-electron chi connectivity index (χ3n) is 4.98. The molecule has 0 saturated heterocycles. The van der Waals surface area contributed by atoms with Crippen LogP contribution in [-0.2, 0) is 6.18 Å². The van der Waals surface area contributed by atoms with Crippen LogP contribution in [0.4, 0.5) is 24.8 Å². The van der Waals surface area contributed by atoms with Crippen LogP contribution in [0.15, 0.2) is 65.8 Å². The number of rotatable bonds is 4. The average Bonchev–Trinajstić information content (AvgIpc) is 3.18. The molecule has 0 aliphatic carbocycles. The molecule has 170 valence electrons. The molecule has 5 aromatic rings. The number of benzene rings is 2. The summed E-state index contributed by atoms with van der Waals surface area (Å²) in [5, 5.41) is 7.29. The van der Waals surface area contributed by atoms with Gasteiger partial charge >= 0.3 is 6.18 Å². The molecule has 9 nitrogen and oxygen atoms in total. The Bertz CT molecular complexity index is 1580. The molecule has 1 N–H and O–H groups in total. The number of nitrogens with zero attached hydrogens (tertiary/aromatic N) is 6. The van der Waals surface area contributed by atoms with Crippen molar-refractivity contribution in [2.75, 3.05) is 12.4 Å². The highest BCUT2D eigenvalue weighted by Gasteiger charge is 2.34. The molecular formula is C22H14F3N7O2. The van der Waals surface area contributed by atoms with Crippen molar-refractivity contribution < 1.29 is 17.9 Å². The van der Waals surface area contributed by atoms with Crippen molar-refractivity contribution in [1.29, 1.82) is 0 Å². The lowest BCUT2D eigenvalue weighted by Gasteiger charge is -2.12. The fourth-order valence-electron chi connectivity index (χ4n) is 3.39. The molecule has 0 unspecified atom stereocenters. The van der Waals surface area contributed by atoms with Gasteiger partial charge in [-0.05, 0) is 36.4 Å². The van der Waals surface area contributed by atoms with E-state index in [0.717, 1.165) is 6.07 Å². The Balaban J connectivity index is 1.79. The standard InChI is InChI=1S/C22H14F3N7O2/c1-34-13-7-5-12(6-8-13)18-30-19-14-3-2-4-15(22(23,24)25)17(14)29-21(32(19)31-18)28-16-11-26-9-10-27-20(16)33/h2-11H,1H3,(H,27,28,29,33). The number of methoxy groups -OCH3 is 1. The summed E-state index contributed by atoms with van der Waals surface area (Å²) in [6, 6.07) is 10.6. The first-order valence-electron chi connectivity index (χ1n) is 9.83. The number of aromatic nitrogens is 6. The number of ether oxygens (including phenoxy) is 1. The normalized spacial score (nSPS) is 11.6. The molecule has 0 fully saturated rings. The van der Waals surface area contributed by atoms with E-state index in [1.807, 2.05) is 0 Å². The van der Waals surface area contributed by atoms with E-state index in [-0.39, 0.29) is 34.0 Å². The van der Waals surface area contributed by atoms with Gasteiger partial charge in [0.25, 0.3) is 5.56 Å². The fourth-order valence-corrected chi connectivity index (χ4v) is 3.39. The fraction of sp³-hybridized carbons (Fsp3) is 0.0909. The van der Waals surface area contributed by atoms with Gasteiger partial charge in [0.2, 0.25) is 5.95 Å². The second kappa shape index (κ2) is 8.06. The van der Waals surface area contributed by atoms with Gasteiger partial charge in [-0.3, -0.25) is 9.78 Å². The quantitative estimate of drug-likeness (QED) is 0.426. The minimum Gasteiger partial charge on any atom is -0.497 e. The second-order valence-electron chi connectivity index (χ2n) is 7.08. The van der Waals surface area contributed by atoms with E-state index < -0.39 is 17.3 Å². The van der Waals surface area contributed by atoms with Gasteiger partial charge in [-0.15, -0.1) is 5.10 Å². The summed E-state index contributed by atoms with van der Waals surface area (Å²) in [5.41, 5.74) is -1.32. The number of halogens is 3. The number of fused-ring (bicyclic) bond motifs is 3. The Labute approximate surface area is 188 Å². The monoisotopic (exact) mass is 465 g/mol. The van der Waals surface area contributed by atoms with Crippen LogP contribution in [0.2, 0.25) is 0 Å². The molecule has 0 spiro atoms. The summed E-state index contributed by atoms with van der Waals surface area (Å²) in [7, 11) is 1.53. The molecule has 0 bridgehead atoms. The highest BCUT2D eigenvalue weighted by molar-refractivity contribution is 5.95. The van der Waals surface area contributed by atoms with Gasteiger partial charge in [0, 0.05) is 23.3 Å². The Kier molecular flexibility index (Phi) is 5.04. The zero-order valence-corrected chi connectivity index (χ0v) is 17.4. The summed E-state index contributed by atoms with van der Waals surface area (Å²) in [6.07, 6.45) is -0.956. The summed E-state index contributed by atoms with van der Waals surface area (Å²) < 4.78 is 47.6. The van der Waals surface area contributed by atoms with Gasteiger partial charge in [0.1, 0.15) is 11.4 Å². The third-order valence-corrected chi connectivity index (χ3v) is 4.98. The van der Waals surface area contributed by atoms with E-state index in [9.17, 15) is 18.0 Å². The van der Waals surface area contributed by atoms with E-state index in [1.54, 1.807) is 24.3 Å². The maximum Gasteiger partial charge on any atom is 0.418 e. The zero-order valence-electron chi connectivity index (χ0n) is 17.4. The van der Waals surface area contributed by atoms with Crippen molar-refractivity contribution in [1.82, 2.24) is 29.5 Å². The molecule has 0 radical (unpaired) electrons. The van der Waals surface area contributed by atoms with Crippen molar-refractivity contribution in [2.24, 2.45) is 0 Å². The minimum atomic E-state index is -4.66. The lowest BCUT2D eigenvalue weighted by molar-refractivity contribution is -0.136. The van der Waals surface area contributed by atoms with Gasteiger partial charge < -0.3 is 10.1 Å². The number of nitrogens with one attached hydrogen (secondary N) is 1. The first-order chi connectivity index (χ1) is 16.3. The number of hydrogen-bond donors (Lipinski definition) is 1. The van der Waals surface area contributed by atoms with Crippen LogP contribution in [0, 0.1) is 0 Å². The molecule has 0 aliphatic heterocycles. The Morgan fingerprint density at radius 3 is 2.56 bits per heavy atom. The predicted molar refractivity (Wildman–Crippen MR) is 117 cm³/mol. The maximum absolute atomic E-state index is 13.7. The van der Waals surface area contributed by atoms with E-state index in [2.05, 4.69) is 30.4 Å². The first-order valence-corrected chi connectivity index (χ1v) is 9.83. The summed E-state index contributed by atoms with van der Waals surface area (Å²) >= 11 is 0. The number of para-hydroxylation sites is 1. The van der Waals surface area contributed by atoms with Gasteiger partial charge in [-0.2, -0.15) is 17.7 Å². The molecule has 2 aromatic carbocycles. The molecule has 12 heteroatoms. The van der Waals surface area contributed by atoms with Crippen LogP contribution in [0.25, 0.3) is 27.9 Å².